The van der Waals surface area contributed by atoms with Gasteiger partial charge in [0, 0.05) is 5.92 Å². The highest BCUT2D eigenvalue weighted by atomic mass is 19.4. The second kappa shape index (κ2) is 7.67. The van der Waals surface area contributed by atoms with Crippen molar-refractivity contribution in [3.63, 3.8) is 0 Å². The number of methoxy groups -OCH3 is 2. The monoisotopic (exact) mass is 389 g/mol. The van der Waals surface area contributed by atoms with Crippen LogP contribution in [0.5, 0.6) is 0 Å². The number of hydrogen-bond donors (Lipinski definition) is 0. The number of carbonyl (C=O) groups excluding carboxylic acids is 2. The van der Waals surface area contributed by atoms with E-state index in [1.54, 1.807) is 0 Å². The summed E-state index contributed by atoms with van der Waals surface area (Å²) < 4.78 is 88.6. The van der Waals surface area contributed by atoms with Crippen LogP contribution in [-0.4, -0.2) is 44.2 Å². The van der Waals surface area contributed by atoms with Crippen molar-refractivity contribution in [2.45, 2.75) is 32.6 Å². The van der Waals surface area contributed by atoms with Gasteiger partial charge in [-0.25, -0.2) is 9.79 Å². The van der Waals surface area contributed by atoms with Gasteiger partial charge >= 0.3 is 24.3 Å². The maximum absolute atomic E-state index is 13.3. The van der Waals surface area contributed by atoms with Crippen molar-refractivity contribution in [3.8, 4) is 0 Å². The number of rotatable bonds is 4. The Kier molecular flexibility index (Phi) is 6.48. The molecule has 0 spiro atoms. The highest BCUT2D eigenvalue weighted by Gasteiger charge is 2.56. The molecule has 0 saturated heterocycles. The van der Waals surface area contributed by atoms with Crippen LogP contribution < -0.4 is 0 Å². The maximum Gasteiger partial charge on any atom is 0.433 e. The Balaban J connectivity index is 3.85. The van der Waals surface area contributed by atoms with Gasteiger partial charge in [0.05, 0.1) is 19.8 Å². The SMILES string of the molecule is COC(=O)C1=C(C(F)(F)F)N=C(C(F)(F)F)C(C(=O)OC)C1CC(C)C. The maximum atomic E-state index is 13.3. The van der Waals surface area contributed by atoms with Gasteiger partial charge in [0.1, 0.15) is 11.6 Å². The third-order valence-corrected chi connectivity index (χ3v) is 3.70. The number of ether oxygens (including phenoxy) is 2. The van der Waals surface area contributed by atoms with Gasteiger partial charge in [-0.1, -0.05) is 13.8 Å². The molecule has 0 N–H and O–H groups in total. The van der Waals surface area contributed by atoms with Gasteiger partial charge in [-0.3, -0.25) is 4.79 Å². The zero-order chi connectivity index (χ0) is 20.4. The lowest BCUT2D eigenvalue weighted by Crippen LogP contribution is -2.46. The number of halogens is 6. The summed E-state index contributed by atoms with van der Waals surface area (Å²) in [5.41, 5.74) is -5.07. The highest BCUT2D eigenvalue weighted by molar-refractivity contribution is 6.09. The average molecular weight is 389 g/mol. The molecule has 5 nitrogen and oxygen atoms in total. The fraction of sp³-hybridized carbons (Fsp3) is 0.667. The van der Waals surface area contributed by atoms with Crippen molar-refractivity contribution in [1.29, 1.82) is 0 Å². The number of aliphatic imine (C=N–C) groups is 1. The van der Waals surface area contributed by atoms with Gasteiger partial charge in [-0.15, -0.1) is 0 Å². The molecule has 0 aromatic heterocycles. The van der Waals surface area contributed by atoms with Gasteiger partial charge in [0.2, 0.25) is 0 Å². The van der Waals surface area contributed by atoms with Gasteiger partial charge in [0.15, 0.2) is 5.70 Å². The largest absolute Gasteiger partial charge is 0.468 e. The van der Waals surface area contributed by atoms with E-state index >= 15 is 0 Å². The van der Waals surface area contributed by atoms with Gasteiger partial charge in [0.25, 0.3) is 0 Å². The van der Waals surface area contributed by atoms with Crippen LogP contribution in [0.4, 0.5) is 26.3 Å². The Bertz CT molecular complexity index is 633. The summed E-state index contributed by atoms with van der Waals surface area (Å²) in [6, 6.07) is 0. The smallest absolute Gasteiger partial charge is 0.433 e. The molecule has 148 valence electrons. The second-order valence-electron chi connectivity index (χ2n) is 5.98. The van der Waals surface area contributed by atoms with Crippen LogP contribution in [0.1, 0.15) is 20.3 Å². The third kappa shape index (κ3) is 4.55. The first-order valence-corrected chi connectivity index (χ1v) is 7.38. The molecule has 0 aromatic rings. The Morgan fingerprint density at radius 1 is 1.04 bits per heavy atom. The lowest BCUT2D eigenvalue weighted by atomic mass is 9.74. The molecule has 0 radical (unpaired) electrons. The zero-order valence-electron chi connectivity index (χ0n) is 14.3. The molecule has 0 bridgehead atoms. The van der Waals surface area contributed by atoms with E-state index < -0.39 is 59.0 Å². The van der Waals surface area contributed by atoms with Crippen molar-refractivity contribution in [2.75, 3.05) is 14.2 Å². The normalized spacial score (nSPS) is 21.6. The van der Waals surface area contributed by atoms with E-state index in [1.807, 2.05) is 0 Å². The van der Waals surface area contributed by atoms with Crippen LogP contribution in [0.15, 0.2) is 16.3 Å². The van der Waals surface area contributed by atoms with Crippen LogP contribution in [0.2, 0.25) is 0 Å². The van der Waals surface area contributed by atoms with Crippen LogP contribution in [0.25, 0.3) is 0 Å². The summed E-state index contributed by atoms with van der Waals surface area (Å²) in [7, 11) is 1.58. The van der Waals surface area contributed by atoms with E-state index in [2.05, 4.69) is 14.5 Å². The quantitative estimate of drug-likeness (QED) is 0.546. The van der Waals surface area contributed by atoms with Crippen molar-refractivity contribution in [1.82, 2.24) is 0 Å². The van der Waals surface area contributed by atoms with E-state index in [-0.39, 0.29) is 6.42 Å². The molecule has 26 heavy (non-hydrogen) atoms. The number of esters is 2. The fourth-order valence-corrected chi connectivity index (χ4v) is 2.76. The van der Waals surface area contributed by atoms with Gasteiger partial charge in [-0.05, 0) is 12.3 Å². The Labute approximate surface area is 145 Å². The van der Waals surface area contributed by atoms with Crippen molar-refractivity contribution >= 4 is 17.7 Å². The molecule has 2 unspecified atom stereocenters. The molecule has 1 aliphatic rings. The number of carbonyl (C=O) groups is 2. The average Bonchev–Trinajstić information content (AvgIpc) is 2.49. The lowest BCUT2D eigenvalue weighted by molar-refractivity contribution is -0.148. The summed E-state index contributed by atoms with van der Waals surface area (Å²) in [4.78, 5) is 26.5. The minimum atomic E-state index is -5.35. The minimum absolute atomic E-state index is 0.321. The molecule has 1 rings (SSSR count). The first kappa shape index (κ1) is 22.0. The van der Waals surface area contributed by atoms with E-state index in [9.17, 15) is 35.9 Å². The summed E-state index contributed by atoms with van der Waals surface area (Å²) >= 11 is 0. The van der Waals surface area contributed by atoms with E-state index in [0.29, 0.717) is 0 Å². The van der Waals surface area contributed by atoms with E-state index in [0.717, 1.165) is 14.2 Å². The van der Waals surface area contributed by atoms with E-state index in [4.69, 9.17) is 0 Å². The van der Waals surface area contributed by atoms with E-state index in [1.165, 1.54) is 13.8 Å². The number of alkyl halides is 6. The molecule has 1 aliphatic heterocycles. The second-order valence-corrected chi connectivity index (χ2v) is 5.98. The molecule has 0 saturated carbocycles. The first-order chi connectivity index (χ1) is 11.8. The molecule has 0 aromatic carbocycles. The summed E-state index contributed by atoms with van der Waals surface area (Å²) in [5.74, 6) is -7.33. The lowest BCUT2D eigenvalue weighted by Gasteiger charge is -2.34. The number of hydrogen-bond acceptors (Lipinski definition) is 5. The first-order valence-electron chi connectivity index (χ1n) is 7.38. The zero-order valence-corrected chi connectivity index (χ0v) is 14.3. The van der Waals surface area contributed by atoms with Gasteiger partial charge < -0.3 is 9.47 Å². The molecule has 0 amide bonds. The predicted molar refractivity (Wildman–Crippen MR) is 77.0 cm³/mol. The third-order valence-electron chi connectivity index (χ3n) is 3.70. The Morgan fingerprint density at radius 2 is 1.58 bits per heavy atom. The summed E-state index contributed by atoms with van der Waals surface area (Å²) in [5, 5.41) is 0. The summed E-state index contributed by atoms with van der Waals surface area (Å²) in [6.45, 7) is 3.05. The molecular formula is C15H17F6NO4. The number of nitrogens with zero attached hydrogens (tertiary/aromatic N) is 1. The molecule has 1 heterocycles. The van der Waals surface area contributed by atoms with Crippen LogP contribution in [0, 0.1) is 17.8 Å². The van der Waals surface area contributed by atoms with Crippen molar-refractivity contribution in [3.05, 3.63) is 11.3 Å². The van der Waals surface area contributed by atoms with Crippen LogP contribution in [-0.2, 0) is 19.1 Å². The van der Waals surface area contributed by atoms with Crippen LogP contribution in [0.3, 0.4) is 0 Å². The molecule has 2 atom stereocenters. The Hall–Kier alpha value is -2.07. The molecule has 0 fully saturated rings. The molecular weight excluding hydrogens is 372 g/mol. The predicted octanol–water partition coefficient (Wildman–Crippen LogP) is 3.44. The minimum Gasteiger partial charge on any atom is -0.468 e. The van der Waals surface area contributed by atoms with Crippen molar-refractivity contribution in [2.24, 2.45) is 22.7 Å². The standard InChI is InChI=1S/C15H17F6NO4/c1-6(2)5-7-8(12(23)25-3)10(14(16,17)18)22-11(15(19,20)21)9(7)13(24)26-4/h6-8H,5H2,1-4H3. The molecule has 0 aliphatic carbocycles. The Morgan fingerprint density at radius 3 is 1.92 bits per heavy atom. The topological polar surface area (TPSA) is 65.0 Å². The van der Waals surface area contributed by atoms with Gasteiger partial charge in [-0.2, -0.15) is 26.3 Å². The summed E-state index contributed by atoms with van der Waals surface area (Å²) in [6.07, 6.45) is -11.0. The fourth-order valence-electron chi connectivity index (χ4n) is 2.76. The van der Waals surface area contributed by atoms with Crippen LogP contribution >= 0.6 is 0 Å². The van der Waals surface area contributed by atoms with Crippen molar-refractivity contribution < 1.29 is 45.4 Å². The molecule has 11 heteroatoms. The highest BCUT2D eigenvalue weighted by Crippen LogP contribution is 2.45. The number of allylic oxidation sites excluding steroid dienone is 1.